The smallest absolute Gasteiger partial charge is 0.315 e. The highest BCUT2D eigenvalue weighted by Crippen LogP contribution is 2.34. The number of benzene rings is 1. The van der Waals surface area contributed by atoms with E-state index in [9.17, 15) is 27.2 Å². The van der Waals surface area contributed by atoms with Crippen LogP contribution in [-0.2, 0) is 4.79 Å². The van der Waals surface area contributed by atoms with Crippen LogP contribution in [0.25, 0.3) is 0 Å². The number of nitrogens with one attached hydrogen (secondary N) is 2. The van der Waals surface area contributed by atoms with Gasteiger partial charge in [-0.2, -0.15) is 0 Å². The van der Waals surface area contributed by atoms with Gasteiger partial charge in [-0.15, -0.1) is 0 Å². The van der Waals surface area contributed by atoms with Crippen molar-refractivity contribution in [3.05, 3.63) is 63.9 Å². The first kappa shape index (κ1) is 20.1. The van der Waals surface area contributed by atoms with Crippen LogP contribution in [0, 0.1) is 11.6 Å². The second-order valence-corrected chi connectivity index (χ2v) is 6.59. The van der Waals surface area contributed by atoms with E-state index in [1.54, 1.807) is 0 Å². The Labute approximate surface area is 162 Å². The zero-order chi connectivity index (χ0) is 20.4. The van der Waals surface area contributed by atoms with Crippen LogP contribution >= 0.6 is 11.6 Å². The molecule has 5 nitrogen and oxygen atoms in total. The molecule has 0 radical (unpaired) electrons. The van der Waals surface area contributed by atoms with E-state index in [0.717, 1.165) is 24.4 Å². The Hall–Kier alpha value is -2.68. The lowest BCUT2D eigenvalue weighted by Gasteiger charge is -2.20. The second kappa shape index (κ2) is 8.14. The average Bonchev–Trinajstić information content (AvgIpc) is 3.11. The van der Waals surface area contributed by atoms with E-state index < -0.39 is 52.6 Å². The van der Waals surface area contributed by atoms with Crippen LogP contribution in [0.3, 0.4) is 0 Å². The lowest BCUT2D eigenvalue weighted by atomic mass is 9.86. The Balaban J connectivity index is 1.97. The van der Waals surface area contributed by atoms with E-state index in [2.05, 4.69) is 15.6 Å². The van der Waals surface area contributed by atoms with Gasteiger partial charge in [-0.25, -0.2) is 22.4 Å². The van der Waals surface area contributed by atoms with Gasteiger partial charge in [0, 0.05) is 25.1 Å². The normalized spacial score (nSPS) is 17.4. The molecule has 2 N–H and O–H groups in total. The Morgan fingerprint density at radius 3 is 2.57 bits per heavy atom. The number of nitrogens with zero attached hydrogens (tertiary/aromatic N) is 1. The van der Waals surface area contributed by atoms with E-state index in [1.807, 2.05) is 0 Å². The zero-order valence-electron chi connectivity index (χ0n) is 14.2. The van der Waals surface area contributed by atoms with Gasteiger partial charge in [-0.1, -0.05) is 23.7 Å². The predicted molar refractivity (Wildman–Crippen MR) is 92.4 cm³/mol. The number of ketones is 1. The van der Waals surface area contributed by atoms with Crippen LogP contribution in [0.1, 0.15) is 35.6 Å². The molecule has 0 saturated carbocycles. The maximum Gasteiger partial charge on any atom is 0.315 e. The standard InChI is InChI=1S/C18H14ClF4N3O2/c19-15-11(20)3-2-9(16(15)21)10(5-14(27)13-7-25-18(28)26-13)8-1-4-12(17(22)23)24-6-8/h1-4,6,10,13,17H,5,7H2,(H2,25,26,28)/t10?,13-/m0/s1. The zero-order valence-corrected chi connectivity index (χ0v) is 14.9. The summed E-state index contributed by atoms with van der Waals surface area (Å²) in [7, 11) is 0. The van der Waals surface area contributed by atoms with Gasteiger partial charge in [0.1, 0.15) is 28.4 Å². The fourth-order valence-electron chi connectivity index (χ4n) is 2.96. The molecule has 10 heteroatoms. The first-order valence-electron chi connectivity index (χ1n) is 8.22. The molecule has 1 saturated heterocycles. The van der Waals surface area contributed by atoms with Crippen LogP contribution < -0.4 is 10.6 Å². The van der Waals surface area contributed by atoms with Gasteiger partial charge in [0.25, 0.3) is 6.43 Å². The number of Topliss-reactive ketones (excluding diaryl/α,β-unsaturated/α-hetero) is 1. The molecule has 0 spiro atoms. The molecule has 2 aromatic rings. The second-order valence-electron chi connectivity index (χ2n) is 6.21. The van der Waals surface area contributed by atoms with Gasteiger partial charge < -0.3 is 10.6 Å². The van der Waals surface area contributed by atoms with Crippen molar-refractivity contribution < 1.29 is 27.2 Å². The van der Waals surface area contributed by atoms with Crippen LogP contribution in [0.5, 0.6) is 0 Å². The van der Waals surface area contributed by atoms with Gasteiger partial charge in [0.2, 0.25) is 0 Å². The number of carbonyl (C=O) groups is 2. The minimum atomic E-state index is -2.79. The summed E-state index contributed by atoms with van der Waals surface area (Å²) in [5.41, 5.74) is -0.279. The van der Waals surface area contributed by atoms with Crippen LogP contribution in [0.15, 0.2) is 30.5 Å². The lowest BCUT2D eigenvalue weighted by Crippen LogP contribution is -2.35. The van der Waals surface area contributed by atoms with Crippen molar-refractivity contribution in [1.29, 1.82) is 0 Å². The highest BCUT2D eigenvalue weighted by atomic mass is 35.5. The van der Waals surface area contributed by atoms with E-state index in [4.69, 9.17) is 11.6 Å². The largest absolute Gasteiger partial charge is 0.336 e. The number of pyridine rings is 1. The summed E-state index contributed by atoms with van der Waals surface area (Å²) in [5.74, 6) is -3.39. The van der Waals surface area contributed by atoms with Crippen molar-refractivity contribution in [3.8, 4) is 0 Å². The molecular weight excluding hydrogens is 402 g/mol. The van der Waals surface area contributed by atoms with E-state index in [-0.39, 0.29) is 24.1 Å². The van der Waals surface area contributed by atoms with Crippen molar-refractivity contribution in [1.82, 2.24) is 15.6 Å². The summed E-state index contributed by atoms with van der Waals surface area (Å²) in [6, 6.07) is 3.14. The monoisotopic (exact) mass is 415 g/mol. The van der Waals surface area contributed by atoms with Crippen molar-refractivity contribution in [3.63, 3.8) is 0 Å². The molecule has 3 rings (SSSR count). The number of aromatic nitrogens is 1. The quantitative estimate of drug-likeness (QED) is 0.558. The molecule has 1 fully saturated rings. The summed E-state index contributed by atoms with van der Waals surface area (Å²) in [5, 5.41) is 4.13. The van der Waals surface area contributed by atoms with Crippen molar-refractivity contribution in [2.75, 3.05) is 6.54 Å². The molecule has 2 atom stereocenters. The maximum absolute atomic E-state index is 14.6. The third-order valence-electron chi connectivity index (χ3n) is 4.44. The molecule has 0 aliphatic carbocycles. The molecule has 0 bridgehead atoms. The number of halogens is 5. The number of alkyl halides is 2. The lowest BCUT2D eigenvalue weighted by molar-refractivity contribution is -0.120. The van der Waals surface area contributed by atoms with E-state index >= 15 is 0 Å². The number of carbonyl (C=O) groups excluding carboxylic acids is 2. The van der Waals surface area contributed by atoms with E-state index in [0.29, 0.717) is 0 Å². The molecule has 1 unspecified atom stereocenters. The Kier molecular flexibility index (Phi) is 5.83. The molecule has 28 heavy (non-hydrogen) atoms. The summed E-state index contributed by atoms with van der Waals surface area (Å²) in [6.45, 7) is 0.0691. The number of rotatable bonds is 6. The van der Waals surface area contributed by atoms with Crippen LogP contribution in [0.2, 0.25) is 5.02 Å². The molecule has 1 aliphatic rings. The Morgan fingerprint density at radius 2 is 2.00 bits per heavy atom. The summed E-state index contributed by atoms with van der Waals surface area (Å²) < 4.78 is 53.6. The molecule has 2 heterocycles. The number of hydrogen-bond acceptors (Lipinski definition) is 3. The Morgan fingerprint density at radius 1 is 1.25 bits per heavy atom. The minimum absolute atomic E-state index is 0.0691. The summed E-state index contributed by atoms with van der Waals surface area (Å²) in [6.07, 6.45) is -1.95. The van der Waals surface area contributed by atoms with Crippen molar-refractivity contribution in [2.45, 2.75) is 24.8 Å². The highest BCUT2D eigenvalue weighted by molar-refractivity contribution is 6.31. The molecule has 1 aliphatic heterocycles. The third-order valence-corrected chi connectivity index (χ3v) is 4.79. The van der Waals surface area contributed by atoms with Crippen molar-refractivity contribution in [2.24, 2.45) is 0 Å². The topological polar surface area (TPSA) is 71.1 Å². The third kappa shape index (κ3) is 4.09. The summed E-state index contributed by atoms with van der Waals surface area (Å²) in [4.78, 5) is 27.4. The average molecular weight is 416 g/mol. The number of hydrogen-bond donors (Lipinski definition) is 2. The molecule has 1 aromatic heterocycles. The molecule has 2 amide bonds. The maximum atomic E-state index is 14.6. The van der Waals surface area contributed by atoms with Crippen LogP contribution in [-0.4, -0.2) is 29.4 Å². The van der Waals surface area contributed by atoms with E-state index in [1.165, 1.54) is 6.07 Å². The SMILES string of the molecule is O=C1NC[C@@H](C(=O)CC(c2ccc(C(F)F)nc2)c2ccc(F)c(Cl)c2F)N1. The van der Waals surface area contributed by atoms with Gasteiger partial charge in [0.05, 0.1) is 0 Å². The predicted octanol–water partition coefficient (Wildman–Crippen LogP) is 3.72. The molecule has 148 valence electrons. The van der Waals surface area contributed by atoms with Gasteiger partial charge in [0.15, 0.2) is 5.78 Å². The fourth-order valence-corrected chi connectivity index (χ4v) is 3.13. The summed E-state index contributed by atoms with van der Waals surface area (Å²) >= 11 is 5.65. The highest BCUT2D eigenvalue weighted by Gasteiger charge is 2.31. The van der Waals surface area contributed by atoms with Crippen molar-refractivity contribution >= 4 is 23.4 Å². The first-order chi connectivity index (χ1) is 13.3. The fraction of sp³-hybridized carbons (Fsp3) is 0.278. The number of urea groups is 1. The number of amides is 2. The molecular formula is C18H14ClF4N3O2. The van der Waals surface area contributed by atoms with Gasteiger partial charge in [-0.3, -0.25) is 9.78 Å². The van der Waals surface area contributed by atoms with Gasteiger partial charge >= 0.3 is 6.03 Å². The first-order valence-corrected chi connectivity index (χ1v) is 8.60. The molecule has 1 aromatic carbocycles. The van der Waals surface area contributed by atoms with Crippen LogP contribution in [0.4, 0.5) is 22.4 Å². The Bertz CT molecular complexity index is 908. The van der Waals surface area contributed by atoms with Gasteiger partial charge in [-0.05, 0) is 23.3 Å². The minimum Gasteiger partial charge on any atom is -0.336 e.